The number of hydrogen-bond acceptors (Lipinski definition) is 9. The van der Waals surface area contributed by atoms with Crippen LogP contribution in [0.5, 0.6) is 0 Å². The highest BCUT2D eigenvalue weighted by atomic mass is 32.2. The van der Waals surface area contributed by atoms with Crippen LogP contribution in [0.2, 0.25) is 0 Å². The molecule has 0 amide bonds. The first-order valence-electron chi connectivity index (χ1n) is 10.5. The molecule has 0 saturated heterocycles. The fraction of sp³-hybridized carbons (Fsp3) is 0.217. The minimum absolute atomic E-state index is 0.0132. The monoisotopic (exact) mass is 500 g/mol. The number of nitrogens with zero attached hydrogens (tertiary/aromatic N) is 4. The first-order valence-corrected chi connectivity index (χ1v) is 12.1. The van der Waals surface area contributed by atoms with Crippen LogP contribution in [0, 0.1) is 0 Å². The van der Waals surface area contributed by atoms with Crippen molar-refractivity contribution in [3.63, 3.8) is 0 Å². The van der Waals surface area contributed by atoms with E-state index in [9.17, 15) is 17.2 Å². The third kappa shape index (κ3) is 4.88. The van der Waals surface area contributed by atoms with Gasteiger partial charge in [-0.1, -0.05) is 24.3 Å². The maximum absolute atomic E-state index is 12.8. The van der Waals surface area contributed by atoms with Crippen LogP contribution in [-0.2, 0) is 9.84 Å². The Kier molecular flexibility index (Phi) is 6.59. The molecule has 2 aromatic heterocycles. The van der Waals surface area contributed by atoms with Crippen molar-refractivity contribution >= 4 is 15.7 Å². The summed E-state index contributed by atoms with van der Waals surface area (Å²) in [5.74, 6) is 0.201. The fourth-order valence-corrected chi connectivity index (χ4v) is 4.27. The number of hydrogen-bond donors (Lipinski definition) is 2. The molecule has 4 aromatic rings. The summed E-state index contributed by atoms with van der Waals surface area (Å²) in [6.07, 6.45) is -1.23. The van der Waals surface area contributed by atoms with Crippen LogP contribution in [0.15, 0.2) is 64.0 Å². The summed E-state index contributed by atoms with van der Waals surface area (Å²) in [5, 5.41) is 7.43. The SMILES string of the molecule is CC(C)S(=O)(=O)c1ccc(-c2cnc(N)c(-c3nnc(-c4ccc(C(N)C(F)F)cc4)o3)n2)cc1. The third-order valence-electron chi connectivity index (χ3n) is 5.34. The van der Waals surface area contributed by atoms with E-state index in [1.165, 1.54) is 30.5 Å². The average Bonchev–Trinajstić information content (AvgIpc) is 3.34. The molecule has 35 heavy (non-hydrogen) atoms. The predicted molar refractivity (Wildman–Crippen MR) is 126 cm³/mol. The average molecular weight is 501 g/mol. The molecule has 0 aliphatic rings. The van der Waals surface area contributed by atoms with E-state index in [0.29, 0.717) is 16.8 Å². The van der Waals surface area contributed by atoms with Crippen LogP contribution in [0.4, 0.5) is 14.6 Å². The van der Waals surface area contributed by atoms with Gasteiger partial charge in [-0.15, -0.1) is 10.2 Å². The number of alkyl halides is 2. The topological polar surface area (TPSA) is 151 Å². The van der Waals surface area contributed by atoms with E-state index in [4.69, 9.17) is 15.9 Å². The molecule has 0 saturated carbocycles. The molecular formula is C23H22F2N6O3S. The van der Waals surface area contributed by atoms with Gasteiger partial charge in [0.05, 0.1) is 28.1 Å². The van der Waals surface area contributed by atoms with Gasteiger partial charge >= 0.3 is 0 Å². The third-order valence-corrected chi connectivity index (χ3v) is 7.51. The highest BCUT2D eigenvalue weighted by Gasteiger charge is 2.21. The molecule has 0 spiro atoms. The summed E-state index contributed by atoms with van der Waals surface area (Å²) >= 11 is 0. The van der Waals surface area contributed by atoms with Crippen LogP contribution in [0.25, 0.3) is 34.3 Å². The molecule has 0 radical (unpaired) electrons. The zero-order chi connectivity index (χ0) is 25.3. The zero-order valence-corrected chi connectivity index (χ0v) is 19.6. The van der Waals surface area contributed by atoms with E-state index in [0.717, 1.165) is 0 Å². The van der Waals surface area contributed by atoms with Crippen LogP contribution in [0.1, 0.15) is 25.5 Å². The Morgan fingerprint density at radius 3 is 2.11 bits per heavy atom. The second-order valence-corrected chi connectivity index (χ2v) is 10.5. The Morgan fingerprint density at radius 2 is 1.51 bits per heavy atom. The summed E-state index contributed by atoms with van der Waals surface area (Å²) < 4.78 is 56.0. The molecule has 0 fully saturated rings. The van der Waals surface area contributed by atoms with Crippen LogP contribution < -0.4 is 11.5 Å². The highest BCUT2D eigenvalue weighted by molar-refractivity contribution is 7.92. The molecule has 4 N–H and O–H groups in total. The molecule has 1 atom stereocenters. The molecule has 0 aliphatic heterocycles. The maximum atomic E-state index is 12.8. The second-order valence-electron chi connectivity index (χ2n) is 8.00. The zero-order valence-electron chi connectivity index (χ0n) is 18.8. The second kappa shape index (κ2) is 9.47. The van der Waals surface area contributed by atoms with Gasteiger partial charge in [-0.05, 0) is 43.7 Å². The van der Waals surface area contributed by atoms with E-state index in [1.807, 2.05) is 0 Å². The molecule has 9 nitrogen and oxygen atoms in total. The van der Waals surface area contributed by atoms with Crippen molar-refractivity contribution < 1.29 is 21.6 Å². The van der Waals surface area contributed by atoms with E-state index in [1.54, 1.807) is 38.1 Å². The summed E-state index contributed by atoms with van der Waals surface area (Å²) in [5.41, 5.74) is 13.4. The molecular weight excluding hydrogens is 478 g/mol. The molecule has 2 heterocycles. The minimum Gasteiger partial charge on any atom is -0.414 e. The Morgan fingerprint density at radius 1 is 0.914 bits per heavy atom. The van der Waals surface area contributed by atoms with Gasteiger partial charge in [0.1, 0.15) is 0 Å². The first kappa shape index (κ1) is 24.4. The maximum Gasteiger partial charge on any atom is 0.270 e. The number of aromatic nitrogens is 4. The predicted octanol–water partition coefficient (Wildman–Crippen LogP) is 3.89. The van der Waals surface area contributed by atoms with Crippen LogP contribution >= 0.6 is 0 Å². The number of nitrogens with two attached hydrogens (primary N) is 2. The van der Waals surface area contributed by atoms with E-state index in [2.05, 4.69) is 20.2 Å². The highest BCUT2D eigenvalue weighted by Crippen LogP contribution is 2.29. The Bertz CT molecular complexity index is 1440. The lowest BCUT2D eigenvalue weighted by atomic mass is 10.1. The molecule has 182 valence electrons. The van der Waals surface area contributed by atoms with Crippen molar-refractivity contribution in [1.29, 1.82) is 0 Å². The molecule has 4 rings (SSSR count). The lowest BCUT2D eigenvalue weighted by Crippen LogP contribution is -2.18. The largest absolute Gasteiger partial charge is 0.414 e. The summed E-state index contributed by atoms with van der Waals surface area (Å²) in [7, 11) is -3.40. The normalized spacial score (nSPS) is 12.9. The number of rotatable bonds is 7. The number of benzene rings is 2. The molecule has 0 bridgehead atoms. The number of anilines is 1. The fourth-order valence-electron chi connectivity index (χ4n) is 3.21. The quantitative estimate of drug-likeness (QED) is 0.385. The summed E-state index contributed by atoms with van der Waals surface area (Å²) in [4.78, 5) is 8.83. The van der Waals surface area contributed by atoms with Crippen molar-refractivity contribution in [3.05, 3.63) is 60.3 Å². The van der Waals surface area contributed by atoms with Gasteiger partial charge in [-0.3, -0.25) is 0 Å². The van der Waals surface area contributed by atoms with Crippen molar-refractivity contribution in [3.8, 4) is 34.3 Å². The van der Waals surface area contributed by atoms with Gasteiger partial charge in [0.15, 0.2) is 21.3 Å². The standard InChI is InChI=1S/C23H22F2N6O3S/c1-12(2)35(32,33)16-9-7-13(8-10-16)17-11-28-21(27)19(29-17)23-31-30-22(34-23)15-5-3-14(4-6-15)18(26)20(24)25/h3-12,18,20H,26H2,1-2H3,(H2,27,28). The first-order chi connectivity index (χ1) is 16.6. The Balaban J connectivity index is 1.62. The summed E-state index contributed by atoms with van der Waals surface area (Å²) in [6, 6.07) is 10.9. The molecule has 12 heteroatoms. The van der Waals surface area contributed by atoms with Gasteiger partial charge in [-0.25, -0.2) is 27.2 Å². The Hall–Kier alpha value is -3.77. The number of sulfone groups is 1. The van der Waals surface area contributed by atoms with Gasteiger partial charge < -0.3 is 15.9 Å². The minimum atomic E-state index is -3.40. The van der Waals surface area contributed by atoms with Gasteiger partial charge in [0, 0.05) is 11.1 Å². The lowest BCUT2D eigenvalue weighted by molar-refractivity contribution is 0.116. The number of nitrogen functional groups attached to an aromatic ring is 1. The van der Waals surface area contributed by atoms with Crippen LogP contribution in [0.3, 0.4) is 0 Å². The van der Waals surface area contributed by atoms with Crippen molar-refractivity contribution in [1.82, 2.24) is 20.2 Å². The van der Waals surface area contributed by atoms with E-state index < -0.39 is 27.6 Å². The van der Waals surface area contributed by atoms with Crippen LogP contribution in [-0.4, -0.2) is 40.3 Å². The van der Waals surface area contributed by atoms with E-state index in [-0.39, 0.29) is 33.8 Å². The molecule has 1 unspecified atom stereocenters. The van der Waals surface area contributed by atoms with Gasteiger partial charge in [0.2, 0.25) is 5.89 Å². The smallest absolute Gasteiger partial charge is 0.270 e. The van der Waals surface area contributed by atoms with Crippen molar-refractivity contribution in [2.45, 2.75) is 36.5 Å². The summed E-state index contributed by atoms with van der Waals surface area (Å²) in [6.45, 7) is 3.23. The van der Waals surface area contributed by atoms with Crippen molar-refractivity contribution in [2.75, 3.05) is 5.73 Å². The lowest BCUT2D eigenvalue weighted by Gasteiger charge is -2.10. The number of halogens is 2. The van der Waals surface area contributed by atoms with Gasteiger partial charge in [-0.2, -0.15) is 0 Å². The Labute approximate surface area is 200 Å². The molecule has 2 aromatic carbocycles. The van der Waals surface area contributed by atoms with Crippen molar-refractivity contribution in [2.24, 2.45) is 5.73 Å². The van der Waals surface area contributed by atoms with Gasteiger partial charge in [0.25, 0.3) is 12.3 Å². The molecule has 0 aliphatic carbocycles. The van der Waals surface area contributed by atoms with E-state index >= 15 is 0 Å².